The summed E-state index contributed by atoms with van der Waals surface area (Å²) < 4.78 is 28.4. The van der Waals surface area contributed by atoms with Gasteiger partial charge in [-0.3, -0.25) is 4.90 Å². The number of anilines is 2. The van der Waals surface area contributed by atoms with Gasteiger partial charge in [0.05, 0.1) is 5.75 Å². The first-order valence-electron chi connectivity index (χ1n) is 7.00. The second-order valence-electron chi connectivity index (χ2n) is 5.36. The third-order valence-corrected chi connectivity index (χ3v) is 6.85. The van der Waals surface area contributed by atoms with Crippen molar-refractivity contribution in [2.24, 2.45) is 0 Å². The summed E-state index contributed by atoms with van der Waals surface area (Å²) in [6.07, 6.45) is 2.62. The zero-order chi connectivity index (χ0) is 14.3. The fourth-order valence-corrected chi connectivity index (χ4v) is 5.01. The van der Waals surface area contributed by atoms with E-state index in [1.165, 1.54) is 24.4 Å². The van der Waals surface area contributed by atoms with Crippen LogP contribution in [0.3, 0.4) is 0 Å². The number of aromatic nitrogens is 1. The highest BCUT2D eigenvalue weighted by Gasteiger charge is 2.33. The predicted molar refractivity (Wildman–Crippen MR) is 81.1 cm³/mol. The first-order chi connectivity index (χ1) is 9.53. The number of nitrogens with zero attached hydrogens (tertiary/aromatic N) is 3. The largest absolute Gasteiger partial charge is 0.382 e. The zero-order valence-electron chi connectivity index (χ0n) is 11.6. The molecule has 1 aromatic rings. The molecule has 0 aromatic carbocycles. The monoisotopic (exact) mass is 316 g/mol. The van der Waals surface area contributed by atoms with E-state index in [4.69, 9.17) is 5.73 Å². The van der Waals surface area contributed by atoms with Crippen molar-refractivity contribution in [3.63, 3.8) is 0 Å². The molecule has 2 N–H and O–H groups in total. The Morgan fingerprint density at radius 3 is 2.50 bits per heavy atom. The highest BCUT2D eigenvalue weighted by atomic mass is 32.2. The van der Waals surface area contributed by atoms with Crippen LogP contribution in [-0.4, -0.2) is 55.7 Å². The highest BCUT2D eigenvalue weighted by molar-refractivity contribution is 7.91. The fraction of sp³-hybridized carbons (Fsp3) is 0.750. The molecule has 112 valence electrons. The van der Waals surface area contributed by atoms with Crippen LogP contribution in [0.1, 0.15) is 19.8 Å². The quantitative estimate of drug-likeness (QED) is 0.885. The molecule has 6 nitrogen and oxygen atoms in total. The molecule has 1 aliphatic carbocycles. The van der Waals surface area contributed by atoms with Crippen LogP contribution in [0, 0.1) is 0 Å². The maximum Gasteiger partial charge on any atom is 0.184 e. The Morgan fingerprint density at radius 2 is 1.95 bits per heavy atom. The fourth-order valence-electron chi connectivity index (χ4n) is 2.65. The third-order valence-electron chi connectivity index (χ3n) is 4.01. The van der Waals surface area contributed by atoms with E-state index >= 15 is 0 Å². The van der Waals surface area contributed by atoms with E-state index in [1.807, 2.05) is 0 Å². The van der Waals surface area contributed by atoms with Gasteiger partial charge in [-0.15, -0.1) is 0 Å². The first-order valence-corrected chi connectivity index (χ1v) is 9.42. The Bertz CT molecular complexity index is 587. The van der Waals surface area contributed by atoms with Crippen molar-refractivity contribution >= 4 is 32.2 Å². The van der Waals surface area contributed by atoms with Crippen molar-refractivity contribution in [1.82, 2.24) is 9.27 Å². The first kappa shape index (κ1) is 14.1. The number of rotatable bonds is 4. The van der Waals surface area contributed by atoms with Crippen molar-refractivity contribution in [3.8, 4) is 0 Å². The molecule has 2 heterocycles. The summed E-state index contributed by atoms with van der Waals surface area (Å²) in [5, 5.41) is 0.722. The molecule has 0 unspecified atom stereocenters. The summed E-state index contributed by atoms with van der Waals surface area (Å²) in [5.41, 5.74) is 5.78. The van der Waals surface area contributed by atoms with E-state index in [-0.39, 0.29) is 16.5 Å². The molecule has 8 heteroatoms. The lowest BCUT2D eigenvalue weighted by molar-refractivity contribution is 0.248. The van der Waals surface area contributed by atoms with Crippen LogP contribution in [0.5, 0.6) is 0 Å². The average Bonchev–Trinajstić information content (AvgIpc) is 3.21. The van der Waals surface area contributed by atoms with Crippen LogP contribution in [0.2, 0.25) is 0 Å². The summed E-state index contributed by atoms with van der Waals surface area (Å²) in [6, 6.07) is 0.766. The van der Waals surface area contributed by atoms with Gasteiger partial charge in [-0.25, -0.2) is 8.42 Å². The average molecular weight is 316 g/mol. The van der Waals surface area contributed by atoms with Gasteiger partial charge in [0.15, 0.2) is 15.7 Å². The minimum Gasteiger partial charge on any atom is -0.382 e. The summed E-state index contributed by atoms with van der Waals surface area (Å²) in [5.74, 6) is 0.210. The number of hydrogen-bond acceptors (Lipinski definition) is 7. The summed E-state index contributed by atoms with van der Waals surface area (Å²) in [7, 11) is -3.32. The highest BCUT2D eigenvalue weighted by Crippen LogP contribution is 2.36. The van der Waals surface area contributed by atoms with Crippen LogP contribution < -0.4 is 10.6 Å². The number of nitrogens with two attached hydrogens (primary N) is 1. The summed E-state index contributed by atoms with van der Waals surface area (Å²) >= 11 is 1.20. The third kappa shape index (κ3) is 2.51. The van der Waals surface area contributed by atoms with Crippen LogP contribution in [0.25, 0.3) is 0 Å². The predicted octanol–water partition coefficient (Wildman–Crippen LogP) is 0.803. The molecule has 1 saturated heterocycles. The number of piperazine rings is 1. The molecule has 1 aromatic heterocycles. The number of hydrogen-bond donors (Lipinski definition) is 1. The van der Waals surface area contributed by atoms with E-state index in [0.29, 0.717) is 0 Å². The normalized spacial score (nSPS) is 21.4. The maximum absolute atomic E-state index is 12.2. The van der Waals surface area contributed by atoms with E-state index in [2.05, 4.69) is 14.2 Å². The van der Waals surface area contributed by atoms with Crippen molar-refractivity contribution in [3.05, 3.63) is 0 Å². The van der Waals surface area contributed by atoms with Gasteiger partial charge in [0.1, 0.15) is 9.90 Å². The Balaban J connectivity index is 1.81. The minimum absolute atomic E-state index is 0.0602. The van der Waals surface area contributed by atoms with Gasteiger partial charge in [-0.05, 0) is 24.4 Å². The van der Waals surface area contributed by atoms with Gasteiger partial charge in [-0.1, -0.05) is 6.92 Å². The standard InChI is InChI=1S/C12H20N4O2S2/c1-2-20(17,18)10-11(13)14-19-12(10)16-7-5-15(6-8-16)9-3-4-9/h9H,2-8H2,1H3,(H2,13,14). The van der Waals surface area contributed by atoms with Gasteiger partial charge >= 0.3 is 0 Å². The second-order valence-corrected chi connectivity index (χ2v) is 8.33. The van der Waals surface area contributed by atoms with Gasteiger partial charge in [0, 0.05) is 32.2 Å². The van der Waals surface area contributed by atoms with Crippen LogP contribution in [0.15, 0.2) is 4.90 Å². The lowest BCUT2D eigenvalue weighted by atomic mass is 10.3. The summed E-state index contributed by atoms with van der Waals surface area (Å²) in [6.45, 7) is 5.33. The molecule has 0 amide bonds. The molecule has 0 radical (unpaired) electrons. The summed E-state index contributed by atoms with van der Waals surface area (Å²) in [4.78, 5) is 4.86. The molecule has 1 saturated carbocycles. The Hall–Kier alpha value is -0.860. The van der Waals surface area contributed by atoms with Crippen LogP contribution >= 0.6 is 11.5 Å². The molecule has 20 heavy (non-hydrogen) atoms. The Morgan fingerprint density at radius 1 is 1.30 bits per heavy atom. The molecule has 3 rings (SSSR count). The number of nitrogen functional groups attached to an aromatic ring is 1. The van der Waals surface area contributed by atoms with Crippen molar-refractivity contribution in [1.29, 1.82) is 0 Å². The molecular formula is C12H20N4O2S2. The van der Waals surface area contributed by atoms with E-state index < -0.39 is 9.84 Å². The van der Waals surface area contributed by atoms with Gasteiger partial charge < -0.3 is 10.6 Å². The molecule has 2 aliphatic rings. The zero-order valence-corrected chi connectivity index (χ0v) is 13.2. The lowest BCUT2D eigenvalue weighted by Gasteiger charge is -2.35. The SMILES string of the molecule is CCS(=O)(=O)c1c(N)nsc1N1CCN(C2CC2)CC1. The topological polar surface area (TPSA) is 79.5 Å². The maximum atomic E-state index is 12.2. The van der Waals surface area contributed by atoms with Crippen LogP contribution in [0.4, 0.5) is 10.8 Å². The molecule has 0 atom stereocenters. The molecular weight excluding hydrogens is 296 g/mol. The molecule has 1 aliphatic heterocycles. The van der Waals surface area contributed by atoms with Gasteiger partial charge in [0.2, 0.25) is 0 Å². The van der Waals surface area contributed by atoms with Gasteiger partial charge in [-0.2, -0.15) is 4.37 Å². The Kier molecular flexibility index (Phi) is 3.64. The molecule has 0 spiro atoms. The Labute approximate surface area is 123 Å². The minimum atomic E-state index is -3.32. The van der Waals surface area contributed by atoms with E-state index in [0.717, 1.165) is 37.2 Å². The van der Waals surface area contributed by atoms with E-state index in [9.17, 15) is 8.42 Å². The lowest BCUT2D eigenvalue weighted by Crippen LogP contribution is -2.47. The second kappa shape index (κ2) is 5.16. The van der Waals surface area contributed by atoms with E-state index in [1.54, 1.807) is 6.92 Å². The van der Waals surface area contributed by atoms with Crippen LogP contribution in [-0.2, 0) is 9.84 Å². The smallest absolute Gasteiger partial charge is 0.184 e. The molecule has 2 fully saturated rings. The van der Waals surface area contributed by atoms with Crippen molar-refractivity contribution in [2.75, 3.05) is 42.6 Å². The van der Waals surface area contributed by atoms with Crippen molar-refractivity contribution in [2.45, 2.75) is 30.7 Å². The number of sulfone groups is 1. The van der Waals surface area contributed by atoms with Crippen molar-refractivity contribution < 1.29 is 8.42 Å². The molecule has 0 bridgehead atoms. The van der Waals surface area contributed by atoms with Gasteiger partial charge in [0.25, 0.3) is 0 Å².